The van der Waals surface area contributed by atoms with E-state index in [4.69, 9.17) is 0 Å². The molecule has 3 heterocycles. The highest BCUT2D eigenvalue weighted by Gasteiger charge is 2.23. The Balaban J connectivity index is 1.37. The van der Waals surface area contributed by atoms with Gasteiger partial charge in [0.1, 0.15) is 5.82 Å². The first kappa shape index (κ1) is 17.9. The van der Waals surface area contributed by atoms with Crippen LogP contribution in [0.5, 0.6) is 0 Å². The van der Waals surface area contributed by atoms with Crippen molar-refractivity contribution < 1.29 is 4.79 Å². The summed E-state index contributed by atoms with van der Waals surface area (Å²) in [6.45, 7) is 4.84. The van der Waals surface area contributed by atoms with Gasteiger partial charge >= 0.3 is 0 Å². The van der Waals surface area contributed by atoms with Gasteiger partial charge in [-0.05, 0) is 30.7 Å². The summed E-state index contributed by atoms with van der Waals surface area (Å²) >= 11 is 0. The molecule has 4 rings (SSSR count). The van der Waals surface area contributed by atoms with Gasteiger partial charge in [-0.2, -0.15) is 0 Å². The zero-order valence-electron chi connectivity index (χ0n) is 15.7. The maximum absolute atomic E-state index is 12.8. The number of pyridine rings is 1. The smallest absolute Gasteiger partial charge is 0.257 e. The van der Waals surface area contributed by atoms with Gasteiger partial charge in [0.15, 0.2) is 0 Å². The molecular formula is C21H22N6O. The molecule has 1 fully saturated rings. The molecule has 1 aliphatic rings. The molecule has 0 spiro atoms. The van der Waals surface area contributed by atoms with E-state index in [2.05, 4.69) is 25.2 Å². The molecule has 0 saturated carbocycles. The molecule has 3 aromatic rings. The molecule has 1 amide bonds. The molecule has 28 heavy (non-hydrogen) atoms. The fourth-order valence-electron chi connectivity index (χ4n) is 3.20. The Morgan fingerprint density at radius 2 is 1.64 bits per heavy atom. The molecule has 0 atom stereocenters. The number of nitrogens with one attached hydrogen (secondary N) is 1. The van der Waals surface area contributed by atoms with Crippen molar-refractivity contribution in [2.24, 2.45) is 0 Å². The van der Waals surface area contributed by atoms with Crippen molar-refractivity contribution in [1.82, 2.24) is 19.9 Å². The van der Waals surface area contributed by atoms with Crippen LogP contribution in [0.4, 0.5) is 17.5 Å². The first-order valence-electron chi connectivity index (χ1n) is 9.31. The highest BCUT2D eigenvalue weighted by Crippen LogP contribution is 2.18. The molecule has 1 saturated heterocycles. The van der Waals surface area contributed by atoms with Crippen LogP contribution in [-0.4, -0.2) is 51.9 Å². The largest absolute Gasteiger partial charge is 0.353 e. The van der Waals surface area contributed by atoms with E-state index in [1.54, 1.807) is 18.6 Å². The Morgan fingerprint density at radius 1 is 0.929 bits per heavy atom. The number of aromatic nitrogens is 3. The van der Waals surface area contributed by atoms with Crippen molar-refractivity contribution in [2.75, 3.05) is 36.4 Å². The van der Waals surface area contributed by atoms with E-state index in [1.165, 1.54) is 0 Å². The van der Waals surface area contributed by atoms with E-state index in [0.717, 1.165) is 30.2 Å². The standard InChI is InChI=1S/C21H22N6O/c1-16-6-2-3-7-18(16)25-21-23-14-17(15-24-21)20(28)27-12-10-26(11-13-27)19-8-4-5-9-22-19/h2-9,14-15H,10-13H2,1H3,(H,23,24,25). The van der Waals surface area contributed by atoms with E-state index < -0.39 is 0 Å². The average Bonchev–Trinajstić information content (AvgIpc) is 2.76. The lowest BCUT2D eigenvalue weighted by molar-refractivity contribution is 0.0745. The number of carbonyl (C=O) groups excluding carboxylic acids is 1. The molecule has 0 radical (unpaired) electrons. The van der Waals surface area contributed by atoms with Crippen LogP contribution >= 0.6 is 0 Å². The number of hydrogen-bond donors (Lipinski definition) is 1. The monoisotopic (exact) mass is 374 g/mol. The third-order valence-corrected chi connectivity index (χ3v) is 4.83. The summed E-state index contributed by atoms with van der Waals surface area (Å²) < 4.78 is 0. The van der Waals surface area contributed by atoms with Crippen molar-refractivity contribution in [3.63, 3.8) is 0 Å². The quantitative estimate of drug-likeness (QED) is 0.757. The van der Waals surface area contributed by atoms with E-state index in [1.807, 2.05) is 54.3 Å². The second kappa shape index (κ2) is 8.04. The second-order valence-corrected chi connectivity index (χ2v) is 6.70. The number of anilines is 3. The third-order valence-electron chi connectivity index (χ3n) is 4.83. The normalized spacial score (nSPS) is 14.0. The number of benzene rings is 1. The molecule has 1 aromatic carbocycles. The van der Waals surface area contributed by atoms with Gasteiger partial charge in [-0.15, -0.1) is 0 Å². The number of piperazine rings is 1. The van der Waals surface area contributed by atoms with Crippen LogP contribution in [0.1, 0.15) is 15.9 Å². The first-order chi connectivity index (χ1) is 13.7. The Hall–Kier alpha value is -3.48. The minimum Gasteiger partial charge on any atom is -0.353 e. The number of carbonyl (C=O) groups is 1. The van der Waals surface area contributed by atoms with E-state index in [-0.39, 0.29) is 5.91 Å². The Morgan fingerprint density at radius 3 is 2.32 bits per heavy atom. The predicted octanol–water partition coefficient (Wildman–Crippen LogP) is 2.89. The van der Waals surface area contributed by atoms with Crippen molar-refractivity contribution in [3.8, 4) is 0 Å². The zero-order valence-corrected chi connectivity index (χ0v) is 15.7. The summed E-state index contributed by atoms with van der Waals surface area (Å²) in [6.07, 6.45) is 4.96. The van der Waals surface area contributed by atoms with E-state index >= 15 is 0 Å². The predicted molar refractivity (Wildman–Crippen MR) is 109 cm³/mol. The van der Waals surface area contributed by atoms with Crippen LogP contribution in [0, 0.1) is 6.92 Å². The van der Waals surface area contributed by atoms with Crippen molar-refractivity contribution >= 4 is 23.4 Å². The topological polar surface area (TPSA) is 74.2 Å². The maximum atomic E-state index is 12.8. The lowest BCUT2D eigenvalue weighted by Crippen LogP contribution is -2.49. The number of amides is 1. The van der Waals surface area contributed by atoms with Gasteiger partial charge in [-0.25, -0.2) is 15.0 Å². The van der Waals surface area contributed by atoms with Crippen LogP contribution in [0.3, 0.4) is 0 Å². The SMILES string of the molecule is Cc1ccccc1Nc1ncc(C(=O)N2CCN(c3ccccn3)CC2)cn1. The summed E-state index contributed by atoms with van der Waals surface area (Å²) in [5, 5.41) is 3.18. The van der Waals surface area contributed by atoms with Crippen LogP contribution < -0.4 is 10.2 Å². The summed E-state index contributed by atoms with van der Waals surface area (Å²) in [5.74, 6) is 1.39. The number of para-hydroxylation sites is 1. The minimum absolute atomic E-state index is 0.0388. The van der Waals surface area contributed by atoms with Gasteiger partial charge in [-0.1, -0.05) is 24.3 Å². The molecule has 142 valence electrons. The van der Waals surface area contributed by atoms with E-state index in [9.17, 15) is 4.79 Å². The Kier molecular flexibility index (Phi) is 5.14. The highest BCUT2D eigenvalue weighted by molar-refractivity contribution is 5.93. The number of aryl methyl sites for hydroxylation is 1. The summed E-state index contributed by atoms with van der Waals surface area (Å²) in [6, 6.07) is 13.8. The van der Waals surface area contributed by atoms with E-state index in [0.29, 0.717) is 24.6 Å². The summed E-state index contributed by atoms with van der Waals surface area (Å²) in [7, 11) is 0. The van der Waals surface area contributed by atoms with Crippen molar-refractivity contribution in [3.05, 3.63) is 72.2 Å². The summed E-state index contributed by atoms with van der Waals surface area (Å²) in [5.41, 5.74) is 2.56. The first-order valence-corrected chi connectivity index (χ1v) is 9.31. The van der Waals surface area contributed by atoms with Crippen molar-refractivity contribution in [1.29, 1.82) is 0 Å². The van der Waals surface area contributed by atoms with Gasteiger partial charge in [0.2, 0.25) is 5.95 Å². The van der Waals surface area contributed by atoms with Crippen molar-refractivity contribution in [2.45, 2.75) is 6.92 Å². The molecule has 0 unspecified atom stereocenters. The molecule has 1 N–H and O–H groups in total. The zero-order chi connectivity index (χ0) is 19.3. The highest BCUT2D eigenvalue weighted by atomic mass is 16.2. The maximum Gasteiger partial charge on any atom is 0.257 e. The van der Waals surface area contributed by atoms with Crippen LogP contribution in [0.25, 0.3) is 0 Å². The molecule has 7 nitrogen and oxygen atoms in total. The summed E-state index contributed by atoms with van der Waals surface area (Å²) in [4.78, 5) is 29.8. The molecule has 0 bridgehead atoms. The number of rotatable bonds is 4. The van der Waals surface area contributed by atoms with Gasteiger partial charge in [0.05, 0.1) is 5.56 Å². The van der Waals surface area contributed by atoms with Crippen LogP contribution in [0.15, 0.2) is 61.1 Å². The lowest BCUT2D eigenvalue weighted by Gasteiger charge is -2.35. The number of hydrogen-bond acceptors (Lipinski definition) is 6. The fraction of sp³-hybridized carbons (Fsp3) is 0.238. The molecule has 7 heteroatoms. The van der Waals surface area contributed by atoms with Gasteiger partial charge < -0.3 is 15.1 Å². The van der Waals surface area contributed by atoms with Gasteiger partial charge in [0, 0.05) is 50.5 Å². The van der Waals surface area contributed by atoms with Gasteiger partial charge in [0.25, 0.3) is 5.91 Å². The fourth-order valence-corrected chi connectivity index (χ4v) is 3.20. The van der Waals surface area contributed by atoms with Crippen LogP contribution in [-0.2, 0) is 0 Å². The Bertz CT molecular complexity index is 937. The van der Waals surface area contributed by atoms with Crippen LogP contribution in [0.2, 0.25) is 0 Å². The van der Waals surface area contributed by atoms with Gasteiger partial charge in [-0.3, -0.25) is 4.79 Å². The molecule has 2 aromatic heterocycles. The number of nitrogens with zero attached hydrogens (tertiary/aromatic N) is 5. The lowest BCUT2D eigenvalue weighted by atomic mass is 10.2. The molecule has 1 aliphatic heterocycles. The minimum atomic E-state index is -0.0388. The second-order valence-electron chi connectivity index (χ2n) is 6.70. The third kappa shape index (κ3) is 3.93. The average molecular weight is 374 g/mol. The molecular weight excluding hydrogens is 352 g/mol. The molecule has 0 aliphatic carbocycles. The Labute approximate surface area is 164 Å².